The lowest BCUT2D eigenvalue weighted by Gasteiger charge is -2.15. The topological polar surface area (TPSA) is 64.1 Å². The van der Waals surface area contributed by atoms with Gasteiger partial charge >= 0.3 is 0 Å². The van der Waals surface area contributed by atoms with Crippen molar-refractivity contribution in [2.75, 3.05) is 0 Å². The number of carbonyl (C=O) groups is 1. The molecule has 5 nitrogen and oxygen atoms in total. The highest BCUT2D eigenvalue weighted by molar-refractivity contribution is 6.22. The predicted octanol–water partition coefficient (Wildman–Crippen LogP) is 0.552. The molecular formula is C8H8ClN3O2. The van der Waals surface area contributed by atoms with E-state index in [0.717, 1.165) is 0 Å². The van der Waals surface area contributed by atoms with Crippen LogP contribution < -0.4 is 10.1 Å². The Labute approximate surface area is 85.5 Å². The molecule has 1 N–H and O–H groups in total. The van der Waals surface area contributed by atoms with Gasteiger partial charge in [-0.3, -0.25) is 4.79 Å². The lowest BCUT2D eigenvalue weighted by molar-refractivity contribution is 0.0944. The van der Waals surface area contributed by atoms with E-state index in [1.165, 1.54) is 12.5 Å². The molecule has 0 aromatic carbocycles. The molecule has 0 radical (unpaired) electrons. The number of nitrogens with one attached hydrogen (secondary N) is 1. The van der Waals surface area contributed by atoms with E-state index in [2.05, 4.69) is 15.3 Å². The number of amides is 1. The number of ether oxygens (including phenoxy) is 1. The fourth-order valence-corrected chi connectivity index (χ4v) is 1.27. The minimum absolute atomic E-state index is 0.271. The Morgan fingerprint density at radius 2 is 2.43 bits per heavy atom. The number of nitrogens with zero attached hydrogens (tertiary/aromatic N) is 2. The van der Waals surface area contributed by atoms with Gasteiger partial charge in [-0.05, 0) is 6.92 Å². The molecule has 1 amide bonds. The highest BCUT2D eigenvalue weighted by atomic mass is 35.5. The van der Waals surface area contributed by atoms with Gasteiger partial charge in [0, 0.05) is 6.20 Å². The first kappa shape index (κ1) is 9.21. The maximum Gasteiger partial charge on any atom is 0.259 e. The summed E-state index contributed by atoms with van der Waals surface area (Å²) in [7, 11) is 0. The van der Waals surface area contributed by atoms with Crippen LogP contribution >= 0.6 is 11.6 Å². The van der Waals surface area contributed by atoms with E-state index in [-0.39, 0.29) is 17.9 Å². The van der Waals surface area contributed by atoms with Crippen LogP contribution in [-0.4, -0.2) is 27.5 Å². The van der Waals surface area contributed by atoms with Crippen LogP contribution in [-0.2, 0) is 0 Å². The van der Waals surface area contributed by atoms with Crippen LogP contribution in [0.4, 0.5) is 0 Å². The molecule has 0 aliphatic carbocycles. The molecule has 74 valence electrons. The molecule has 1 aliphatic rings. The molecule has 1 aromatic rings. The van der Waals surface area contributed by atoms with Gasteiger partial charge in [0.2, 0.25) is 5.88 Å². The Morgan fingerprint density at radius 3 is 3.21 bits per heavy atom. The molecule has 1 aromatic heterocycles. The highest BCUT2D eigenvalue weighted by Crippen LogP contribution is 2.20. The lowest BCUT2D eigenvalue weighted by Crippen LogP contribution is -2.37. The minimum atomic E-state index is -0.559. The molecular weight excluding hydrogens is 206 g/mol. The van der Waals surface area contributed by atoms with Crippen LogP contribution in [0.5, 0.6) is 5.88 Å². The van der Waals surface area contributed by atoms with Crippen LogP contribution in [0.2, 0.25) is 0 Å². The van der Waals surface area contributed by atoms with Crippen molar-refractivity contribution in [1.82, 2.24) is 15.3 Å². The molecule has 0 saturated heterocycles. The van der Waals surface area contributed by atoms with Crippen LogP contribution in [0, 0.1) is 0 Å². The first-order valence-corrected chi connectivity index (χ1v) is 4.53. The maximum atomic E-state index is 11.5. The molecule has 2 heterocycles. The van der Waals surface area contributed by atoms with E-state index < -0.39 is 5.50 Å². The van der Waals surface area contributed by atoms with Crippen molar-refractivity contribution in [3.63, 3.8) is 0 Å². The van der Waals surface area contributed by atoms with Gasteiger partial charge < -0.3 is 10.1 Å². The van der Waals surface area contributed by atoms with Gasteiger partial charge in [-0.15, -0.1) is 0 Å². The number of hydrogen-bond donors (Lipinski definition) is 1. The average Bonchev–Trinajstić information content (AvgIpc) is 2.27. The minimum Gasteiger partial charge on any atom is -0.470 e. The van der Waals surface area contributed by atoms with Gasteiger partial charge in [-0.25, -0.2) is 9.97 Å². The molecule has 0 fully saturated rings. The van der Waals surface area contributed by atoms with E-state index in [1.807, 2.05) is 0 Å². The normalized spacial score (nSPS) is 25.7. The molecule has 2 unspecified atom stereocenters. The first-order chi connectivity index (χ1) is 6.68. The molecule has 0 saturated carbocycles. The van der Waals surface area contributed by atoms with Crippen molar-refractivity contribution >= 4 is 17.5 Å². The van der Waals surface area contributed by atoms with E-state index in [4.69, 9.17) is 16.3 Å². The predicted molar refractivity (Wildman–Crippen MR) is 49.2 cm³/mol. The number of hydrogen-bond acceptors (Lipinski definition) is 4. The van der Waals surface area contributed by atoms with Gasteiger partial charge in [-0.1, -0.05) is 11.6 Å². The van der Waals surface area contributed by atoms with Crippen molar-refractivity contribution in [3.8, 4) is 5.88 Å². The fraction of sp³-hybridized carbons (Fsp3) is 0.375. The number of rotatable bonds is 0. The maximum absolute atomic E-state index is 11.5. The largest absolute Gasteiger partial charge is 0.470 e. The van der Waals surface area contributed by atoms with Gasteiger partial charge in [0.25, 0.3) is 5.91 Å². The molecule has 0 spiro atoms. The number of halogens is 1. The summed E-state index contributed by atoms with van der Waals surface area (Å²) < 4.78 is 5.37. The van der Waals surface area contributed by atoms with Crippen LogP contribution in [0.15, 0.2) is 12.5 Å². The summed E-state index contributed by atoms with van der Waals surface area (Å²) >= 11 is 5.85. The molecule has 2 atom stereocenters. The fourth-order valence-electron chi connectivity index (χ4n) is 1.12. The summed E-state index contributed by atoms with van der Waals surface area (Å²) in [5.74, 6) is -0.0434. The Bertz CT molecular complexity index is 371. The van der Waals surface area contributed by atoms with Crippen LogP contribution in [0.1, 0.15) is 17.3 Å². The zero-order valence-electron chi connectivity index (χ0n) is 7.40. The summed E-state index contributed by atoms with van der Waals surface area (Å²) in [6.07, 6.45) is 2.41. The second kappa shape index (κ2) is 3.42. The highest BCUT2D eigenvalue weighted by Gasteiger charge is 2.27. The van der Waals surface area contributed by atoms with Crippen molar-refractivity contribution < 1.29 is 9.53 Å². The zero-order chi connectivity index (χ0) is 10.1. The standard InChI is InChI=1S/C8H8ClN3O2/c1-4-6(9)12-7(13)5-2-10-3-11-8(5)14-4/h2-4,6H,1H3,(H,12,13). The van der Waals surface area contributed by atoms with E-state index in [1.54, 1.807) is 6.92 Å². The Kier molecular flexibility index (Phi) is 2.25. The summed E-state index contributed by atoms with van der Waals surface area (Å²) in [4.78, 5) is 19.1. The Morgan fingerprint density at radius 1 is 1.64 bits per heavy atom. The molecule has 2 rings (SSSR count). The molecule has 14 heavy (non-hydrogen) atoms. The van der Waals surface area contributed by atoms with Gasteiger partial charge in [0.05, 0.1) is 0 Å². The second-order valence-corrected chi connectivity index (χ2v) is 3.41. The van der Waals surface area contributed by atoms with Gasteiger partial charge in [-0.2, -0.15) is 0 Å². The third-order valence-corrected chi connectivity index (χ3v) is 2.36. The Hall–Kier alpha value is -1.36. The molecule has 1 aliphatic heterocycles. The quantitative estimate of drug-likeness (QED) is 0.505. The summed E-state index contributed by atoms with van der Waals surface area (Å²) in [5, 5.41) is 2.57. The second-order valence-electron chi connectivity index (χ2n) is 2.94. The first-order valence-electron chi connectivity index (χ1n) is 4.10. The van der Waals surface area contributed by atoms with Crippen molar-refractivity contribution in [2.45, 2.75) is 18.5 Å². The van der Waals surface area contributed by atoms with Crippen molar-refractivity contribution in [2.24, 2.45) is 0 Å². The van der Waals surface area contributed by atoms with Gasteiger partial charge in [0.1, 0.15) is 23.5 Å². The Balaban J connectivity index is 2.43. The number of alkyl halides is 1. The third-order valence-electron chi connectivity index (χ3n) is 1.90. The smallest absolute Gasteiger partial charge is 0.259 e. The van der Waals surface area contributed by atoms with Crippen LogP contribution in [0.3, 0.4) is 0 Å². The summed E-state index contributed by atoms with van der Waals surface area (Å²) in [6, 6.07) is 0. The monoisotopic (exact) mass is 213 g/mol. The number of aromatic nitrogens is 2. The van der Waals surface area contributed by atoms with Crippen LogP contribution in [0.25, 0.3) is 0 Å². The van der Waals surface area contributed by atoms with Crippen molar-refractivity contribution in [3.05, 3.63) is 18.1 Å². The molecule has 6 heteroatoms. The van der Waals surface area contributed by atoms with E-state index in [9.17, 15) is 4.79 Å². The average molecular weight is 214 g/mol. The lowest BCUT2D eigenvalue weighted by atomic mass is 10.3. The number of fused-ring (bicyclic) bond motifs is 1. The molecule has 0 bridgehead atoms. The van der Waals surface area contributed by atoms with Gasteiger partial charge in [0.15, 0.2) is 0 Å². The van der Waals surface area contributed by atoms with Crippen molar-refractivity contribution in [1.29, 1.82) is 0 Å². The third kappa shape index (κ3) is 1.50. The summed E-state index contributed by atoms with van der Waals surface area (Å²) in [6.45, 7) is 1.76. The zero-order valence-corrected chi connectivity index (χ0v) is 8.15. The number of carbonyl (C=O) groups excluding carboxylic acids is 1. The van der Waals surface area contributed by atoms with E-state index in [0.29, 0.717) is 5.56 Å². The van der Waals surface area contributed by atoms with E-state index >= 15 is 0 Å². The summed E-state index contributed by atoms with van der Waals surface area (Å²) in [5.41, 5.74) is -0.251. The SMILES string of the molecule is CC1Oc2ncncc2C(=O)NC1Cl.